The molecule has 0 radical (unpaired) electrons. The van der Waals surface area contributed by atoms with Crippen LogP contribution in [0.5, 0.6) is 11.5 Å². The summed E-state index contributed by atoms with van der Waals surface area (Å²) < 4.78 is 8.98. The summed E-state index contributed by atoms with van der Waals surface area (Å²) in [6, 6.07) is 72.3. The zero-order chi connectivity index (χ0) is 49.2. The van der Waals surface area contributed by atoms with Gasteiger partial charge in [0.15, 0.2) is 0 Å². The molecule has 5 nitrogen and oxygen atoms in total. The summed E-state index contributed by atoms with van der Waals surface area (Å²) >= 11 is 0. The van der Waals surface area contributed by atoms with Crippen molar-refractivity contribution < 1.29 is 25.8 Å². The molecule has 2 aromatic heterocycles. The first-order chi connectivity index (χ1) is 34.1. The quantitative estimate of drug-likeness (QED) is 0.142. The second-order valence-corrected chi connectivity index (χ2v) is 21.8. The molecule has 72 heavy (non-hydrogen) atoms. The smallest absolute Gasteiger partial charge is 0.135 e. The Hall–Kier alpha value is -7.20. The van der Waals surface area contributed by atoms with Gasteiger partial charge in [0.25, 0.3) is 0 Å². The van der Waals surface area contributed by atoms with Gasteiger partial charge in [-0.3, -0.25) is 0 Å². The van der Waals surface area contributed by atoms with Gasteiger partial charge in [-0.1, -0.05) is 195 Å². The minimum atomic E-state index is -0.149. The van der Waals surface area contributed by atoms with E-state index in [0.717, 1.165) is 83.8 Å². The number of para-hydroxylation sites is 4. The van der Waals surface area contributed by atoms with E-state index in [1.807, 2.05) is 24.4 Å². The topological polar surface area (TPSA) is 33.5 Å². The Morgan fingerprint density at radius 1 is 0.472 bits per heavy atom. The third kappa shape index (κ3) is 9.05. The number of hydrogen-bond donors (Lipinski definition) is 0. The molecule has 0 bridgehead atoms. The second-order valence-electron chi connectivity index (χ2n) is 21.8. The van der Waals surface area contributed by atoms with Gasteiger partial charge < -0.3 is 19.1 Å². The van der Waals surface area contributed by atoms with E-state index >= 15 is 0 Å². The van der Waals surface area contributed by atoms with Gasteiger partial charge in [0, 0.05) is 78.0 Å². The standard InChI is InChI=1S/C66H59N4O.Pt/c1-64(2,3)47-33-29-45(30-34-47)53-25-18-24-52(44-19-11-10-12-20-44)63(53)69-43-68(59-27-15-16-28-60(59)69)49-21-17-22-50(39-49)71-51-37-38-55-54-23-13-14-26-58(54)70(61(55)40-51)62-41-57(66(7,8)9)56(42-67-62)46-31-35-48(36-32-46)65(4,5)6;/h10-38,41-43H,1-9H3;/q-3;. The number of benzene rings is 8. The molecule has 0 aliphatic carbocycles. The predicted octanol–water partition coefficient (Wildman–Crippen LogP) is 17.9. The summed E-state index contributed by atoms with van der Waals surface area (Å²) in [5.74, 6) is 2.02. The van der Waals surface area contributed by atoms with Crippen molar-refractivity contribution in [3.8, 4) is 50.7 Å². The van der Waals surface area contributed by atoms with Crippen LogP contribution < -0.4 is 14.5 Å². The summed E-state index contributed by atoms with van der Waals surface area (Å²) in [6.07, 6.45) is 2.05. The van der Waals surface area contributed by atoms with Crippen molar-refractivity contribution in [3.05, 3.63) is 224 Å². The minimum Gasteiger partial charge on any atom is -0.509 e. The molecular formula is C66H59N4OPt-3. The average molecular weight is 1120 g/mol. The number of hydrogen-bond acceptors (Lipinski definition) is 4. The van der Waals surface area contributed by atoms with Crippen molar-refractivity contribution in [1.29, 1.82) is 0 Å². The van der Waals surface area contributed by atoms with Crippen LogP contribution in [-0.4, -0.2) is 9.55 Å². The van der Waals surface area contributed by atoms with Crippen LogP contribution in [0.3, 0.4) is 0 Å². The molecular weight excluding hydrogens is 1060 g/mol. The summed E-state index contributed by atoms with van der Waals surface area (Å²) in [6.45, 7) is 22.6. The first-order valence-corrected chi connectivity index (χ1v) is 24.7. The van der Waals surface area contributed by atoms with Gasteiger partial charge in [-0.05, 0) is 79.3 Å². The van der Waals surface area contributed by atoms with E-state index in [0.29, 0.717) is 11.5 Å². The molecule has 3 heterocycles. The fourth-order valence-corrected chi connectivity index (χ4v) is 10.0. The van der Waals surface area contributed by atoms with Gasteiger partial charge >= 0.3 is 0 Å². The molecule has 0 N–H and O–H groups in total. The molecule has 1 aliphatic rings. The summed E-state index contributed by atoms with van der Waals surface area (Å²) in [5, 5.41) is 2.21. The van der Waals surface area contributed by atoms with Crippen LogP contribution in [0.15, 0.2) is 188 Å². The molecule has 6 heteroatoms. The number of pyridine rings is 1. The van der Waals surface area contributed by atoms with Crippen molar-refractivity contribution in [3.63, 3.8) is 0 Å². The number of anilines is 4. The van der Waals surface area contributed by atoms with Crippen molar-refractivity contribution in [2.75, 3.05) is 9.80 Å². The van der Waals surface area contributed by atoms with E-state index in [-0.39, 0.29) is 37.3 Å². The fraction of sp³-hybridized carbons (Fsp3) is 0.182. The van der Waals surface area contributed by atoms with Crippen molar-refractivity contribution >= 4 is 44.6 Å². The van der Waals surface area contributed by atoms with Crippen LogP contribution >= 0.6 is 0 Å². The molecule has 10 aromatic rings. The number of fused-ring (bicyclic) bond motifs is 4. The largest absolute Gasteiger partial charge is 0.509 e. The van der Waals surface area contributed by atoms with Crippen LogP contribution in [0.1, 0.15) is 79.0 Å². The molecule has 0 amide bonds. The van der Waals surface area contributed by atoms with Crippen LogP contribution in [0.2, 0.25) is 0 Å². The maximum Gasteiger partial charge on any atom is 0.135 e. The molecule has 0 fully saturated rings. The maximum absolute atomic E-state index is 6.75. The van der Waals surface area contributed by atoms with E-state index < -0.39 is 0 Å². The van der Waals surface area contributed by atoms with E-state index in [2.05, 4.69) is 259 Å². The second kappa shape index (κ2) is 18.8. The zero-order valence-electron chi connectivity index (χ0n) is 42.5. The number of nitrogens with zero attached hydrogens (tertiary/aromatic N) is 4. The average Bonchev–Trinajstić information content (AvgIpc) is 3.91. The molecule has 362 valence electrons. The summed E-state index contributed by atoms with van der Waals surface area (Å²) in [4.78, 5) is 9.74. The molecule has 0 atom stereocenters. The normalized spacial score (nSPS) is 12.8. The van der Waals surface area contributed by atoms with Gasteiger partial charge in [-0.25, -0.2) is 4.98 Å². The third-order valence-electron chi connectivity index (χ3n) is 13.8. The van der Waals surface area contributed by atoms with Crippen LogP contribution in [0, 0.1) is 18.8 Å². The van der Waals surface area contributed by atoms with Crippen LogP contribution in [0.4, 0.5) is 22.7 Å². The third-order valence-corrected chi connectivity index (χ3v) is 13.8. The molecule has 8 aromatic carbocycles. The number of aromatic nitrogens is 2. The SMILES string of the molecule is CC(C)(C)c1ccc(-c2cnc(-n3c4[c-]c(Oc5[c-]c(N6[CH-]N(c7c(-c8ccccc8)cccc7-c7ccc(C(C)(C)C)cc7)c7ccccc76)ccc5)ccc4c4ccccc43)cc2C(C)(C)C)cc1.[Pt]. The van der Waals surface area contributed by atoms with Gasteiger partial charge in [0.2, 0.25) is 0 Å². The minimum absolute atomic E-state index is 0. The van der Waals surface area contributed by atoms with Gasteiger partial charge in [0.05, 0.1) is 0 Å². The van der Waals surface area contributed by atoms with E-state index in [1.54, 1.807) is 0 Å². The first-order valence-electron chi connectivity index (χ1n) is 24.7. The van der Waals surface area contributed by atoms with E-state index in [1.165, 1.54) is 16.7 Å². The summed E-state index contributed by atoms with van der Waals surface area (Å²) in [7, 11) is 0. The van der Waals surface area contributed by atoms with Crippen LogP contribution in [-0.2, 0) is 37.3 Å². The Balaban J connectivity index is 0.00000596. The maximum atomic E-state index is 6.75. The Bertz CT molecular complexity index is 3590. The first kappa shape index (κ1) is 48.4. The number of rotatable bonds is 8. The Morgan fingerprint density at radius 2 is 1.03 bits per heavy atom. The van der Waals surface area contributed by atoms with Crippen LogP contribution in [0.25, 0.3) is 61.0 Å². The van der Waals surface area contributed by atoms with Crippen molar-refractivity contribution in [1.82, 2.24) is 9.55 Å². The monoisotopic (exact) mass is 1120 g/mol. The van der Waals surface area contributed by atoms with E-state index in [4.69, 9.17) is 9.72 Å². The van der Waals surface area contributed by atoms with Gasteiger partial charge in [-0.15, -0.1) is 48.1 Å². The zero-order valence-corrected chi connectivity index (χ0v) is 44.8. The van der Waals surface area contributed by atoms with Crippen molar-refractivity contribution in [2.45, 2.75) is 78.6 Å². The predicted molar refractivity (Wildman–Crippen MR) is 297 cm³/mol. The molecule has 0 saturated heterocycles. The Kier molecular flexibility index (Phi) is 12.6. The summed E-state index contributed by atoms with van der Waals surface area (Å²) in [5.41, 5.74) is 16.8. The molecule has 0 unspecified atom stereocenters. The fourth-order valence-electron chi connectivity index (χ4n) is 10.0. The van der Waals surface area contributed by atoms with Gasteiger partial charge in [-0.2, -0.15) is 12.1 Å². The molecule has 0 spiro atoms. The Labute approximate surface area is 440 Å². The Morgan fingerprint density at radius 3 is 1.67 bits per heavy atom. The molecule has 0 saturated carbocycles. The van der Waals surface area contributed by atoms with Gasteiger partial charge in [0.1, 0.15) is 5.82 Å². The molecule has 11 rings (SSSR count). The number of ether oxygens (including phenoxy) is 1. The van der Waals surface area contributed by atoms with E-state index in [9.17, 15) is 0 Å². The molecule has 1 aliphatic heterocycles. The van der Waals surface area contributed by atoms with Crippen molar-refractivity contribution in [2.24, 2.45) is 0 Å².